The van der Waals surface area contributed by atoms with Crippen LogP contribution in [0.2, 0.25) is 0 Å². The number of aliphatic hydroxyl groups is 1. The third-order valence-electron chi connectivity index (χ3n) is 4.81. The maximum atomic E-state index is 11.2. The van der Waals surface area contributed by atoms with Gasteiger partial charge in [-0.25, -0.2) is 0 Å². The van der Waals surface area contributed by atoms with Crippen molar-refractivity contribution in [3.63, 3.8) is 0 Å². The Hall–Kier alpha value is -1.80. The van der Waals surface area contributed by atoms with Crippen LogP contribution in [-0.4, -0.2) is 23.8 Å². The standard InChI is InChI=1S/C18H19NO/c20-18(12-14-6-2-1-3-7-14)13-19-11-10-16(18)15-8-4-5-9-17(15)19/h1-9,16,20H,10-13H2/t16-,18-/m1/s1. The molecule has 0 aromatic heterocycles. The molecule has 1 saturated heterocycles. The predicted octanol–water partition coefficient (Wildman–Crippen LogP) is 2.97. The van der Waals surface area contributed by atoms with Crippen LogP contribution in [0.15, 0.2) is 54.6 Å². The zero-order valence-electron chi connectivity index (χ0n) is 11.5. The van der Waals surface area contributed by atoms with Gasteiger partial charge in [-0.05, 0) is 23.6 Å². The highest BCUT2D eigenvalue weighted by atomic mass is 16.3. The van der Waals surface area contributed by atoms with E-state index in [0.29, 0.717) is 0 Å². The van der Waals surface area contributed by atoms with Crippen LogP contribution < -0.4 is 4.90 Å². The Bertz CT molecular complexity index is 624. The highest BCUT2D eigenvalue weighted by Gasteiger charge is 2.47. The number of anilines is 1. The second-order valence-corrected chi connectivity index (χ2v) is 6.09. The van der Waals surface area contributed by atoms with Gasteiger partial charge < -0.3 is 10.0 Å². The van der Waals surface area contributed by atoms with Gasteiger partial charge in [-0.3, -0.25) is 0 Å². The number of rotatable bonds is 2. The van der Waals surface area contributed by atoms with Crippen LogP contribution in [0.5, 0.6) is 0 Å². The molecule has 3 aliphatic rings. The molecular weight excluding hydrogens is 246 g/mol. The summed E-state index contributed by atoms with van der Waals surface area (Å²) in [7, 11) is 0. The summed E-state index contributed by atoms with van der Waals surface area (Å²) >= 11 is 0. The molecule has 0 radical (unpaired) electrons. The summed E-state index contributed by atoms with van der Waals surface area (Å²) in [5, 5.41) is 11.2. The lowest BCUT2D eigenvalue weighted by atomic mass is 9.70. The van der Waals surface area contributed by atoms with Gasteiger partial charge in [0.1, 0.15) is 0 Å². The molecule has 0 saturated carbocycles. The number of piperidine rings is 1. The number of benzene rings is 2. The van der Waals surface area contributed by atoms with Gasteiger partial charge in [0.05, 0.1) is 5.60 Å². The molecule has 2 nitrogen and oxygen atoms in total. The predicted molar refractivity (Wildman–Crippen MR) is 81.1 cm³/mol. The van der Waals surface area contributed by atoms with Crippen LogP contribution in [-0.2, 0) is 6.42 Å². The van der Waals surface area contributed by atoms with Crippen LogP contribution >= 0.6 is 0 Å². The first-order chi connectivity index (χ1) is 9.76. The lowest BCUT2D eigenvalue weighted by Crippen LogP contribution is -2.58. The first kappa shape index (κ1) is 12.0. The first-order valence-electron chi connectivity index (χ1n) is 7.36. The Morgan fingerprint density at radius 2 is 1.80 bits per heavy atom. The van der Waals surface area contributed by atoms with E-state index in [1.54, 1.807) is 0 Å². The first-order valence-corrected chi connectivity index (χ1v) is 7.36. The number of nitrogens with zero attached hydrogens (tertiary/aromatic N) is 1. The van der Waals surface area contributed by atoms with E-state index in [4.69, 9.17) is 0 Å². The van der Waals surface area contributed by atoms with Gasteiger partial charge in [-0.2, -0.15) is 0 Å². The average Bonchev–Trinajstić information content (AvgIpc) is 2.48. The highest BCUT2D eigenvalue weighted by molar-refractivity contribution is 5.61. The lowest BCUT2D eigenvalue weighted by Gasteiger charge is -2.52. The Morgan fingerprint density at radius 1 is 1.05 bits per heavy atom. The fraction of sp³-hybridized carbons (Fsp3) is 0.333. The highest BCUT2D eigenvalue weighted by Crippen LogP contribution is 2.48. The molecule has 0 spiro atoms. The second kappa shape index (κ2) is 4.35. The van der Waals surface area contributed by atoms with Crippen molar-refractivity contribution >= 4 is 5.69 Å². The van der Waals surface area contributed by atoms with Crippen molar-refractivity contribution in [2.24, 2.45) is 0 Å². The molecule has 2 bridgehead atoms. The molecule has 1 fully saturated rings. The van der Waals surface area contributed by atoms with Crippen LogP contribution in [0.4, 0.5) is 5.69 Å². The zero-order chi connectivity index (χ0) is 13.6. The molecule has 0 aliphatic carbocycles. The van der Waals surface area contributed by atoms with Crippen LogP contribution in [0.3, 0.4) is 0 Å². The fourth-order valence-corrected chi connectivity index (χ4v) is 3.92. The third kappa shape index (κ3) is 1.75. The quantitative estimate of drug-likeness (QED) is 0.902. The van der Waals surface area contributed by atoms with E-state index in [0.717, 1.165) is 25.9 Å². The van der Waals surface area contributed by atoms with Crippen molar-refractivity contribution in [3.05, 3.63) is 65.7 Å². The van der Waals surface area contributed by atoms with E-state index in [1.165, 1.54) is 16.8 Å². The van der Waals surface area contributed by atoms with Crippen molar-refractivity contribution in [1.29, 1.82) is 0 Å². The van der Waals surface area contributed by atoms with Gasteiger partial charge in [0, 0.05) is 31.1 Å². The minimum Gasteiger partial charge on any atom is -0.387 e. The maximum Gasteiger partial charge on any atom is 0.0931 e. The molecule has 5 rings (SSSR count). The van der Waals surface area contributed by atoms with Crippen molar-refractivity contribution in [2.75, 3.05) is 18.0 Å². The van der Waals surface area contributed by atoms with Gasteiger partial charge in [0.25, 0.3) is 0 Å². The summed E-state index contributed by atoms with van der Waals surface area (Å²) in [6.45, 7) is 1.82. The van der Waals surface area contributed by atoms with Gasteiger partial charge in [0.15, 0.2) is 0 Å². The molecule has 2 aromatic rings. The molecule has 0 unspecified atom stereocenters. The van der Waals surface area contributed by atoms with Gasteiger partial charge >= 0.3 is 0 Å². The second-order valence-electron chi connectivity index (χ2n) is 6.09. The fourth-order valence-electron chi connectivity index (χ4n) is 3.92. The molecule has 102 valence electrons. The Kier molecular flexibility index (Phi) is 2.61. The Labute approximate surface area is 119 Å². The normalized spacial score (nSPS) is 27.4. The van der Waals surface area contributed by atoms with Crippen molar-refractivity contribution in [3.8, 4) is 0 Å². The minimum absolute atomic E-state index is 0.268. The van der Waals surface area contributed by atoms with Crippen LogP contribution in [0.25, 0.3) is 0 Å². The molecule has 2 atom stereocenters. The number of hydrogen-bond acceptors (Lipinski definition) is 2. The monoisotopic (exact) mass is 265 g/mol. The van der Waals surface area contributed by atoms with E-state index < -0.39 is 5.60 Å². The summed E-state index contributed by atoms with van der Waals surface area (Å²) in [4.78, 5) is 2.35. The molecule has 3 heterocycles. The van der Waals surface area contributed by atoms with Gasteiger partial charge in [0.2, 0.25) is 0 Å². The van der Waals surface area contributed by atoms with Crippen molar-refractivity contribution in [1.82, 2.24) is 0 Å². The van der Waals surface area contributed by atoms with E-state index in [9.17, 15) is 5.11 Å². The van der Waals surface area contributed by atoms with Crippen LogP contribution in [0.1, 0.15) is 23.5 Å². The summed E-state index contributed by atoms with van der Waals surface area (Å²) in [5.41, 5.74) is 3.24. The molecular formula is C18H19NO. The molecule has 20 heavy (non-hydrogen) atoms. The maximum absolute atomic E-state index is 11.2. The number of para-hydroxylation sites is 1. The third-order valence-corrected chi connectivity index (χ3v) is 4.81. The van der Waals surface area contributed by atoms with E-state index in [-0.39, 0.29) is 5.92 Å². The largest absolute Gasteiger partial charge is 0.387 e. The summed E-state index contributed by atoms with van der Waals surface area (Å²) in [5.74, 6) is 0.268. The van der Waals surface area contributed by atoms with Crippen molar-refractivity contribution < 1.29 is 5.11 Å². The number of hydrogen-bond donors (Lipinski definition) is 1. The summed E-state index contributed by atoms with van der Waals surface area (Å²) in [6, 6.07) is 18.9. The zero-order valence-corrected chi connectivity index (χ0v) is 11.5. The molecule has 1 N–H and O–H groups in total. The average molecular weight is 265 g/mol. The molecule has 2 aromatic carbocycles. The lowest BCUT2D eigenvalue weighted by molar-refractivity contribution is -0.000929. The van der Waals surface area contributed by atoms with Gasteiger partial charge in [-0.1, -0.05) is 48.5 Å². The smallest absolute Gasteiger partial charge is 0.0931 e. The summed E-state index contributed by atoms with van der Waals surface area (Å²) in [6.07, 6.45) is 1.80. The number of fused-ring (bicyclic) bond motifs is 2. The Balaban J connectivity index is 1.72. The van der Waals surface area contributed by atoms with Crippen LogP contribution in [0, 0.1) is 0 Å². The molecule has 2 heteroatoms. The topological polar surface area (TPSA) is 23.5 Å². The molecule has 3 aliphatic heterocycles. The molecule has 0 amide bonds. The van der Waals surface area contributed by atoms with E-state index in [1.807, 2.05) is 18.2 Å². The SMILES string of the molecule is O[C@]1(Cc2ccccc2)CN2CC[C@@H]1c1ccccc12. The van der Waals surface area contributed by atoms with Gasteiger partial charge in [-0.15, -0.1) is 0 Å². The van der Waals surface area contributed by atoms with Crippen molar-refractivity contribution in [2.45, 2.75) is 24.4 Å². The van der Waals surface area contributed by atoms with E-state index in [2.05, 4.69) is 41.3 Å². The Morgan fingerprint density at radius 3 is 2.65 bits per heavy atom. The van der Waals surface area contributed by atoms with E-state index >= 15 is 0 Å². The minimum atomic E-state index is -0.631. The summed E-state index contributed by atoms with van der Waals surface area (Å²) < 4.78 is 0.